The Hall–Kier alpha value is -1.91. The SMILES string of the molecule is O=C(C1CC=CC1)N1CCC2(CC1)CC(Nc1ncccn1)C2. The maximum Gasteiger partial charge on any atom is 0.226 e. The number of hydrogen-bond acceptors (Lipinski definition) is 4. The van der Waals surface area contributed by atoms with Gasteiger partial charge in [0.1, 0.15) is 0 Å². The molecule has 4 rings (SSSR count). The summed E-state index contributed by atoms with van der Waals surface area (Å²) < 4.78 is 0. The summed E-state index contributed by atoms with van der Waals surface area (Å²) in [6, 6.07) is 2.32. The first-order valence-corrected chi connectivity index (χ1v) is 8.71. The topological polar surface area (TPSA) is 58.1 Å². The molecule has 2 aliphatic carbocycles. The Balaban J connectivity index is 1.25. The minimum atomic E-state index is 0.218. The van der Waals surface area contributed by atoms with Gasteiger partial charge in [0.15, 0.2) is 0 Å². The molecule has 3 aliphatic rings. The molecule has 122 valence electrons. The molecule has 5 heteroatoms. The fourth-order valence-corrected chi connectivity index (χ4v) is 4.33. The van der Waals surface area contributed by atoms with E-state index in [1.54, 1.807) is 12.4 Å². The number of allylic oxidation sites excluding steroid dienone is 2. The smallest absolute Gasteiger partial charge is 0.226 e. The van der Waals surface area contributed by atoms with Crippen LogP contribution in [0.3, 0.4) is 0 Å². The summed E-state index contributed by atoms with van der Waals surface area (Å²) in [6.07, 6.45) is 14.3. The van der Waals surface area contributed by atoms with Gasteiger partial charge in [0.25, 0.3) is 0 Å². The van der Waals surface area contributed by atoms with Crippen LogP contribution in [-0.4, -0.2) is 39.9 Å². The largest absolute Gasteiger partial charge is 0.351 e. The number of nitrogens with zero attached hydrogens (tertiary/aromatic N) is 3. The van der Waals surface area contributed by atoms with Crippen LogP contribution in [-0.2, 0) is 4.79 Å². The summed E-state index contributed by atoms with van der Waals surface area (Å²) in [4.78, 5) is 23.0. The van der Waals surface area contributed by atoms with E-state index in [9.17, 15) is 4.79 Å². The van der Waals surface area contributed by atoms with Crippen molar-refractivity contribution in [2.45, 2.75) is 44.6 Å². The molecule has 1 aromatic rings. The molecule has 2 heterocycles. The van der Waals surface area contributed by atoms with Gasteiger partial charge in [-0.05, 0) is 50.0 Å². The van der Waals surface area contributed by atoms with Crippen LogP contribution < -0.4 is 5.32 Å². The zero-order valence-electron chi connectivity index (χ0n) is 13.4. The first-order chi connectivity index (χ1) is 11.2. The van der Waals surface area contributed by atoms with Crippen LogP contribution >= 0.6 is 0 Å². The van der Waals surface area contributed by atoms with Crippen molar-refractivity contribution in [3.63, 3.8) is 0 Å². The average molecular weight is 312 g/mol. The van der Waals surface area contributed by atoms with Gasteiger partial charge in [-0.2, -0.15) is 0 Å². The lowest BCUT2D eigenvalue weighted by atomic mass is 9.60. The average Bonchev–Trinajstić information content (AvgIpc) is 3.09. The molecule has 1 spiro atoms. The van der Waals surface area contributed by atoms with Gasteiger partial charge >= 0.3 is 0 Å². The van der Waals surface area contributed by atoms with Gasteiger partial charge in [-0.15, -0.1) is 0 Å². The van der Waals surface area contributed by atoms with Crippen LogP contribution in [0.4, 0.5) is 5.95 Å². The predicted molar refractivity (Wildman–Crippen MR) is 88.8 cm³/mol. The molecule has 1 aromatic heterocycles. The van der Waals surface area contributed by atoms with E-state index < -0.39 is 0 Å². The molecular formula is C18H24N4O. The van der Waals surface area contributed by atoms with E-state index in [4.69, 9.17) is 0 Å². The van der Waals surface area contributed by atoms with Crippen LogP contribution in [0.15, 0.2) is 30.6 Å². The van der Waals surface area contributed by atoms with Crippen LogP contribution in [0.1, 0.15) is 38.5 Å². The monoisotopic (exact) mass is 312 g/mol. The maximum absolute atomic E-state index is 12.5. The van der Waals surface area contributed by atoms with Crippen molar-refractivity contribution in [1.82, 2.24) is 14.9 Å². The fourth-order valence-electron chi connectivity index (χ4n) is 4.33. The van der Waals surface area contributed by atoms with Crippen molar-refractivity contribution < 1.29 is 4.79 Å². The number of likely N-dealkylation sites (tertiary alicyclic amines) is 1. The van der Waals surface area contributed by atoms with Gasteiger partial charge in [0.2, 0.25) is 11.9 Å². The number of carbonyl (C=O) groups excluding carboxylic acids is 1. The predicted octanol–water partition coefficient (Wildman–Crippen LogP) is 2.63. The van der Waals surface area contributed by atoms with Crippen LogP contribution in [0, 0.1) is 11.3 Å². The third kappa shape index (κ3) is 2.96. The Bertz CT molecular complexity index is 576. The van der Waals surface area contributed by atoms with Gasteiger partial charge in [-0.1, -0.05) is 12.2 Å². The van der Waals surface area contributed by atoms with Crippen LogP contribution in [0.25, 0.3) is 0 Å². The Morgan fingerprint density at radius 1 is 1.13 bits per heavy atom. The lowest BCUT2D eigenvalue weighted by molar-refractivity contribution is -0.138. The fraction of sp³-hybridized carbons (Fsp3) is 0.611. The second-order valence-electron chi connectivity index (χ2n) is 7.29. The number of piperidine rings is 1. The summed E-state index contributed by atoms with van der Waals surface area (Å²) in [6.45, 7) is 1.87. The zero-order chi connectivity index (χ0) is 15.7. The molecule has 23 heavy (non-hydrogen) atoms. The second kappa shape index (κ2) is 5.95. The van der Waals surface area contributed by atoms with E-state index in [2.05, 4.69) is 32.3 Å². The van der Waals surface area contributed by atoms with Gasteiger partial charge in [0, 0.05) is 37.4 Å². The van der Waals surface area contributed by atoms with E-state index >= 15 is 0 Å². The Kier molecular flexibility index (Phi) is 3.79. The molecule has 0 aromatic carbocycles. The highest BCUT2D eigenvalue weighted by Gasteiger charge is 2.46. The summed E-state index contributed by atoms with van der Waals surface area (Å²) in [5, 5.41) is 3.42. The number of rotatable bonds is 3. The van der Waals surface area contributed by atoms with Gasteiger partial charge in [-0.25, -0.2) is 9.97 Å². The Morgan fingerprint density at radius 2 is 1.78 bits per heavy atom. The van der Waals surface area contributed by atoms with E-state index in [1.807, 2.05) is 6.07 Å². The summed E-state index contributed by atoms with van der Waals surface area (Å²) >= 11 is 0. The number of carbonyl (C=O) groups is 1. The van der Waals surface area contributed by atoms with Crippen molar-refractivity contribution in [2.24, 2.45) is 11.3 Å². The lowest BCUT2D eigenvalue weighted by Crippen LogP contribution is -2.53. The molecule has 0 radical (unpaired) electrons. The highest BCUT2D eigenvalue weighted by molar-refractivity contribution is 5.79. The molecule has 2 fully saturated rings. The second-order valence-corrected chi connectivity index (χ2v) is 7.29. The first-order valence-electron chi connectivity index (χ1n) is 8.71. The van der Waals surface area contributed by atoms with Gasteiger partial charge in [-0.3, -0.25) is 4.79 Å². The zero-order valence-corrected chi connectivity index (χ0v) is 13.4. The normalized spacial score (nSPS) is 23.9. The quantitative estimate of drug-likeness (QED) is 0.872. The first kappa shape index (κ1) is 14.7. The van der Waals surface area contributed by atoms with E-state index in [1.165, 1.54) is 12.8 Å². The standard InChI is InChI=1S/C18H24N4O/c23-16(14-4-1-2-5-14)22-10-6-18(7-11-22)12-15(13-18)21-17-19-8-3-9-20-17/h1-3,8-9,14-15H,4-7,10-13H2,(H,19,20,21). The van der Waals surface area contributed by atoms with Gasteiger partial charge in [0.05, 0.1) is 0 Å². The molecule has 1 saturated carbocycles. The molecule has 0 atom stereocenters. The summed E-state index contributed by atoms with van der Waals surface area (Å²) in [5.74, 6) is 1.32. The Morgan fingerprint density at radius 3 is 2.43 bits per heavy atom. The third-order valence-corrected chi connectivity index (χ3v) is 5.75. The third-order valence-electron chi connectivity index (χ3n) is 5.75. The van der Waals surface area contributed by atoms with Crippen molar-refractivity contribution in [3.8, 4) is 0 Å². The van der Waals surface area contributed by atoms with E-state index in [-0.39, 0.29) is 5.92 Å². The van der Waals surface area contributed by atoms with E-state index in [0.29, 0.717) is 17.4 Å². The molecule has 5 nitrogen and oxygen atoms in total. The van der Waals surface area contributed by atoms with Crippen molar-refractivity contribution >= 4 is 11.9 Å². The number of anilines is 1. The lowest BCUT2D eigenvalue weighted by Gasteiger charge is -2.52. The molecule has 0 bridgehead atoms. The number of aromatic nitrogens is 2. The van der Waals surface area contributed by atoms with Crippen LogP contribution in [0.5, 0.6) is 0 Å². The maximum atomic E-state index is 12.5. The van der Waals surface area contributed by atoms with Crippen molar-refractivity contribution in [3.05, 3.63) is 30.6 Å². The highest BCUT2D eigenvalue weighted by Crippen LogP contribution is 2.50. The minimum Gasteiger partial charge on any atom is -0.351 e. The summed E-state index contributed by atoms with van der Waals surface area (Å²) in [7, 11) is 0. The Labute approximate surface area is 137 Å². The summed E-state index contributed by atoms with van der Waals surface area (Å²) in [5.41, 5.74) is 0.442. The molecule has 0 unspecified atom stereocenters. The number of hydrogen-bond donors (Lipinski definition) is 1. The molecule has 1 aliphatic heterocycles. The molecular weight excluding hydrogens is 288 g/mol. The van der Waals surface area contributed by atoms with Crippen LogP contribution in [0.2, 0.25) is 0 Å². The highest BCUT2D eigenvalue weighted by atomic mass is 16.2. The molecule has 1 N–H and O–H groups in total. The van der Waals surface area contributed by atoms with Crippen molar-refractivity contribution in [1.29, 1.82) is 0 Å². The number of nitrogens with one attached hydrogen (secondary N) is 1. The minimum absolute atomic E-state index is 0.218. The number of amides is 1. The van der Waals surface area contributed by atoms with E-state index in [0.717, 1.165) is 44.7 Å². The molecule has 1 saturated heterocycles. The van der Waals surface area contributed by atoms with Crippen molar-refractivity contribution in [2.75, 3.05) is 18.4 Å². The van der Waals surface area contributed by atoms with Gasteiger partial charge < -0.3 is 10.2 Å². The molecule has 1 amide bonds.